The van der Waals surface area contributed by atoms with Crippen molar-refractivity contribution in [2.45, 2.75) is 13.0 Å². The van der Waals surface area contributed by atoms with Gasteiger partial charge in [0.25, 0.3) is 0 Å². The Morgan fingerprint density at radius 2 is 2.09 bits per heavy atom. The molecule has 1 atom stereocenters. The van der Waals surface area contributed by atoms with Crippen molar-refractivity contribution in [3.8, 4) is 0 Å². The van der Waals surface area contributed by atoms with Gasteiger partial charge in [0.2, 0.25) is 11.8 Å². The van der Waals surface area contributed by atoms with Gasteiger partial charge in [-0.05, 0) is 12.1 Å². The molecule has 0 aliphatic carbocycles. The fraction of sp³-hybridized carbons (Fsp3) is 0.353. The van der Waals surface area contributed by atoms with Crippen LogP contribution >= 0.6 is 0 Å². The summed E-state index contributed by atoms with van der Waals surface area (Å²) in [4.78, 5) is 28.2. The summed E-state index contributed by atoms with van der Waals surface area (Å²) >= 11 is 0. The molecular weight excluding hydrogens is 292 g/mol. The summed E-state index contributed by atoms with van der Waals surface area (Å²) in [5.41, 5.74) is 1.83. The molecule has 0 radical (unpaired) electrons. The summed E-state index contributed by atoms with van der Waals surface area (Å²) in [6, 6.07) is 9.49. The summed E-state index contributed by atoms with van der Waals surface area (Å²) in [6.07, 6.45) is 3.91. The number of nitrogens with zero attached hydrogens (tertiary/aromatic N) is 4. The van der Waals surface area contributed by atoms with Crippen molar-refractivity contribution in [1.82, 2.24) is 14.7 Å². The van der Waals surface area contributed by atoms with E-state index in [0.29, 0.717) is 13.1 Å². The Bertz CT molecular complexity index is 710. The molecule has 1 aromatic carbocycles. The summed E-state index contributed by atoms with van der Waals surface area (Å²) in [5.74, 6) is -0.283. The summed E-state index contributed by atoms with van der Waals surface area (Å²) in [6.45, 7) is 0.946. The standard InChI is InChI=1S/C17H20N4O2/c1-19(10-13-9-18-20(2)11-13)17(23)14-8-16(22)21(12-14)15-6-4-3-5-7-15/h3-7,9,11,14H,8,10,12H2,1-2H3. The van der Waals surface area contributed by atoms with Crippen LogP contribution in [-0.2, 0) is 23.2 Å². The zero-order valence-electron chi connectivity index (χ0n) is 13.3. The van der Waals surface area contributed by atoms with Crippen LogP contribution in [0.5, 0.6) is 0 Å². The van der Waals surface area contributed by atoms with Gasteiger partial charge in [-0.15, -0.1) is 0 Å². The molecule has 1 saturated heterocycles. The summed E-state index contributed by atoms with van der Waals surface area (Å²) in [7, 11) is 3.61. The number of hydrogen-bond acceptors (Lipinski definition) is 3. The van der Waals surface area contributed by atoms with Crippen LogP contribution in [0, 0.1) is 5.92 Å². The Balaban J connectivity index is 1.65. The molecule has 2 amide bonds. The number of benzene rings is 1. The minimum atomic E-state index is -0.288. The van der Waals surface area contributed by atoms with Gasteiger partial charge in [0.05, 0.1) is 12.1 Å². The molecule has 0 saturated carbocycles. The molecule has 1 fully saturated rings. The molecule has 2 heterocycles. The van der Waals surface area contributed by atoms with Gasteiger partial charge in [0, 0.05) is 51.1 Å². The van der Waals surface area contributed by atoms with Crippen LogP contribution < -0.4 is 4.90 Å². The Kier molecular flexibility index (Phi) is 4.14. The van der Waals surface area contributed by atoms with Gasteiger partial charge >= 0.3 is 0 Å². The molecule has 0 bridgehead atoms. The fourth-order valence-corrected chi connectivity index (χ4v) is 2.95. The number of aromatic nitrogens is 2. The van der Waals surface area contributed by atoms with E-state index in [1.165, 1.54) is 0 Å². The number of hydrogen-bond donors (Lipinski definition) is 0. The van der Waals surface area contributed by atoms with Crippen LogP contribution in [0.2, 0.25) is 0 Å². The number of amides is 2. The van der Waals surface area contributed by atoms with Crippen LogP contribution in [-0.4, -0.2) is 40.1 Å². The maximum atomic E-state index is 12.6. The third-order valence-electron chi connectivity index (χ3n) is 4.10. The first kappa shape index (κ1) is 15.3. The minimum Gasteiger partial charge on any atom is -0.341 e. The van der Waals surface area contributed by atoms with Gasteiger partial charge in [0.1, 0.15) is 0 Å². The highest BCUT2D eigenvalue weighted by atomic mass is 16.2. The number of rotatable bonds is 4. The molecule has 1 aliphatic rings. The maximum Gasteiger partial charge on any atom is 0.228 e. The Labute approximate surface area is 135 Å². The van der Waals surface area contributed by atoms with Crippen LogP contribution in [0.25, 0.3) is 0 Å². The van der Waals surface area contributed by atoms with E-state index in [4.69, 9.17) is 0 Å². The van der Waals surface area contributed by atoms with E-state index in [9.17, 15) is 9.59 Å². The lowest BCUT2D eigenvalue weighted by atomic mass is 10.1. The van der Waals surface area contributed by atoms with Crippen molar-refractivity contribution in [3.05, 3.63) is 48.3 Å². The van der Waals surface area contributed by atoms with Gasteiger partial charge in [-0.3, -0.25) is 14.3 Å². The second kappa shape index (κ2) is 6.24. The van der Waals surface area contributed by atoms with Crippen LogP contribution in [0.4, 0.5) is 5.69 Å². The van der Waals surface area contributed by atoms with Gasteiger partial charge in [-0.1, -0.05) is 18.2 Å². The third kappa shape index (κ3) is 3.26. The predicted octanol–water partition coefficient (Wildman–Crippen LogP) is 1.43. The second-order valence-electron chi connectivity index (χ2n) is 5.96. The van der Waals surface area contributed by atoms with E-state index in [0.717, 1.165) is 11.3 Å². The highest BCUT2D eigenvalue weighted by Gasteiger charge is 2.36. The molecule has 6 heteroatoms. The number of carbonyl (C=O) groups is 2. The molecular formula is C17H20N4O2. The first-order chi connectivity index (χ1) is 11.0. The minimum absolute atomic E-state index is 0.000587. The number of carbonyl (C=O) groups excluding carboxylic acids is 2. The van der Waals surface area contributed by atoms with E-state index < -0.39 is 0 Å². The molecule has 6 nitrogen and oxygen atoms in total. The first-order valence-electron chi connectivity index (χ1n) is 7.62. The summed E-state index contributed by atoms with van der Waals surface area (Å²) in [5, 5.41) is 4.11. The van der Waals surface area contributed by atoms with Crippen molar-refractivity contribution >= 4 is 17.5 Å². The van der Waals surface area contributed by atoms with Gasteiger partial charge < -0.3 is 9.80 Å². The van der Waals surface area contributed by atoms with Crippen LogP contribution in [0.3, 0.4) is 0 Å². The average molecular weight is 312 g/mol. The highest BCUT2D eigenvalue weighted by molar-refractivity contribution is 6.00. The number of anilines is 1. The molecule has 120 valence electrons. The van der Waals surface area contributed by atoms with Crippen molar-refractivity contribution < 1.29 is 9.59 Å². The number of para-hydroxylation sites is 1. The molecule has 0 spiro atoms. The largest absolute Gasteiger partial charge is 0.341 e. The predicted molar refractivity (Wildman–Crippen MR) is 86.6 cm³/mol. The highest BCUT2D eigenvalue weighted by Crippen LogP contribution is 2.26. The maximum absolute atomic E-state index is 12.6. The van der Waals surface area contributed by atoms with Crippen molar-refractivity contribution in [1.29, 1.82) is 0 Å². The lowest BCUT2D eigenvalue weighted by Crippen LogP contribution is -2.34. The SMILES string of the molecule is CN(Cc1cnn(C)c1)C(=O)C1CC(=O)N(c2ccccc2)C1. The Morgan fingerprint density at radius 1 is 1.35 bits per heavy atom. The van der Waals surface area contributed by atoms with Gasteiger partial charge in [0.15, 0.2) is 0 Å². The summed E-state index contributed by atoms with van der Waals surface area (Å²) < 4.78 is 1.71. The van der Waals surface area contributed by atoms with E-state index in [2.05, 4.69) is 5.10 Å². The molecule has 1 aliphatic heterocycles. The molecule has 0 N–H and O–H groups in total. The Morgan fingerprint density at radius 3 is 2.74 bits per heavy atom. The van der Waals surface area contributed by atoms with E-state index in [1.54, 1.807) is 27.7 Å². The Hall–Kier alpha value is -2.63. The topological polar surface area (TPSA) is 58.4 Å². The monoisotopic (exact) mass is 312 g/mol. The quantitative estimate of drug-likeness (QED) is 0.858. The number of aryl methyl sites for hydroxylation is 1. The zero-order chi connectivity index (χ0) is 16.4. The van der Waals surface area contributed by atoms with Crippen molar-refractivity contribution in [3.63, 3.8) is 0 Å². The zero-order valence-corrected chi connectivity index (χ0v) is 13.3. The third-order valence-corrected chi connectivity index (χ3v) is 4.10. The lowest BCUT2D eigenvalue weighted by Gasteiger charge is -2.21. The van der Waals surface area contributed by atoms with Crippen LogP contribution in [0.15, 0.2) is 42.7 Å². The van der Waals surface area contributed by atoms with E-state index >= 15 is 0 Å². The van der Waals surface area contributed by atoms with Gasteiger partial charge in [-0.25, -0.2) is 0 Å². The molecule has 1 unspecified atom stereocenters. The smallest absolute Gasteiger partial charge is 0.228 e. The normalized spacial score (nSPS) is 17.6. The fourth-order valence-electron chi connectivity index (χ4n) is 2.95. The second-order valence-corrected chi connectivity index (χ2v) is 5.96. The average Bonchev–Trinajstić information content (AvgIpc) is 3.13. The van der Waals surface area contributed by atoms with Crippen LogP contribution in [0.1, 0.15) is 12.0 Å². The van der Waals surface area contributed by atoms with E-state index in [1.807, 2.05) is 43.6 Å². The lowest BCUT2D eigenvalue weighted by molar-refractivity contribution is -0.135. The molecule has 2 aromatic rings. The first-order valence-corrected chi connectivity index (χ1v) is 7.62. The molecule has 3 rings (SSSR count). The molecule has 23 heavy (non-hydrogen) atoms. The van der Waals surface area contributed by atoms with E-state index in [-0.39, 0.29) is 24.2 Å². The molecule has 1 aromatic heterocycles. The van der Waals surface area contributed by atoms with Crippen molar-refractivity contribution in [2.24, 2.45) is 13.0 Å². The van der Waals surface area contributed by atoms with Crippen molar-refractivity contribution in [2.75, 3.05) is 18.5 Å². The van der Waals surface area contributed by atoms with Gasteiger partial charge in [-0.2, -0.15) is 5.10 Å².